The standard InChI is InChI=1S/C13H18N4S2/c1-8-5-17(6-9(2)19-8)7-11-15-12(14)10-3-4-18-13(10)16-11/h3-4,8-9H,5-7H2,1-2H3,(H2,14,15,16). The molecule has 1 fully saturated rings. The van der Waals surface area contributed by atoms with Gasteiger partial charge in [0.25, 0.3) is 0 Å². The Hall–Kier alpha value is -0.850. The molecular formula is C13H18N4S2. The third-order valence-corrected chi connectivity index (χ3v) is 5.30. The number of anilines is 1. The molecule has 2 aromatic heterocycles. The predicted octanol–water partition coefficient (Wildman–Crippen LogP) is 2.60. The Labute approximate surface area is 121 Å². The zero-order valence-corrected chi connectivity index (χ0v) is 12.8. The van der Waals surface area contributed by atoms with Crippen molar-refractivity contribution in [3.63, 3.8) is 0 Å². The van der Waals surface area contributed by atoms with Crippen LogP contribution in [0.15, 0.2) is 11.4 Å². The number of hydrogen-bond donors (Lipinski definition) is 1. The summed E-state index contributed by atoms with van der Waals surface area (Å²) < 4.78 is 0. The van der Waals surface area contributed by atoms with Gasteiger partial charge in [-0.1, -0.05) is 13.8 Å². The molecule has 3 rings (SSSR count). The van der Waals surface area contributed by atoms with E-state index in [4.69, 9.17) is 5.73 Å². The lowest BCUT2D eigenvalue weighted by Gasteiger charge is -2.34. The molecule has 6 heteroatoms. The number of rotatable bonds is 2. The number of thiophene rings is 1. The first-order chi connectivity index (χ1) is 9.11. The van der Waals surface area contributed by atoms with E-state index in [-0.39, 0.29) is 0 Å². The van der Waals surface area contributed by atoms with Crippen LogP contribution >= 0.6 is 23.1 Å². The molecule has 0 aliphatic carbocycles. The van der Waals surface area contributed by atoms with Crippen LogP contribution in [0.4, 0.5) is 5.82 Å². The zero-order valence-electron chi connectivity index (χ0n) is 11.2. The average molecular weight is 294 g/mol. The van der Waals surface area contributed by atoms with Crippen molar-refractivity contribution in [2.24, 2.45) is 0 Å². The van der Waals surface area contributed by atoms with Gasteiger partial charge in [0.15, 0.2) is 0 Å². The fourth-order valence-electron chi connectivity index (χ4n) is 2.61. The first-order valence-corrected chi connectivity index (χ1v) is 8.31. The van der Waals surface area contributed by atoms with Gasteiger partial charge in [0, 0.05) is 23.6 Å². The van der Waals surface area contributed by atoms with E-state index in [9.17, 15) is 0 Å². The summed E-state index contributed by atoms with van der Waals surface area (Å²) in [4.78, 5) is 12.5. The maximum atomic E-state index is 5.99. The van der Waals surface area contributed by atoms with E-state index in [0.717, 1.165) is 35.7 Å². The normalized spacial score (nSPS) is 24.9. The highest BCUT2D eigenvalue weighted by atomic mass is 32.2. The molecule has 0 amide bonds. The van der Waals surface area contributed by atoms with E-state index < -0.39 is 0 Å². The Bertz CT molecular complexity index is 573. The lowest BCUT2D eigenvalue weighted by atomic mass is 10.3. The Kier molecular flexibility index (Phi) is 3.64. The number of hydrogen-bond acceptors (Lipinski definition) is 6. The molecule has 0 radical (unpaired) electrons. The highest BCUT2D eigenvalue weighted by Crippen LogP contribution is 2.27. The number of nitrogen functional groups attached to an aromatic ring is 1. The minimum absolute atomic E-state index is 0.605. The molecule has 2 unspecified atom stereocenters. The minimum Gasteiger partial charge on any atom is -0.383 e. The quantitative estimate of drug-likeness (QED) is 0.922. The fourth-order valence-corrected chi connectivity index (χ4v) is 4.79. The summed E-state index contributed by atoms with van der Waals surface area (Å²) in [5.41, 5.74) is 5.99. The van der Waals surface area contributed by atoms with Crippen molar-refractivity contribution in [2.75, 3.05) is 18.8 Å². The molecule has 1 aliphatic rings. The second kappa shape index (κ2) is 5.26. The highest BCUT2D eigenvalue weighted by molar-refractivity contribution is 8.00. The van der Waals surface area contributed by atoms with Gasteiger partial charge in [0.1, 0.15) is 16.5 Å². The summed E-state index contributed by atoms with van der Waals surface area (Å²) in [6.07, 6.45) is 0. The highest BCUT2D eigenvalue weighted by Gasteiger charge is 2.23. The van der Waals surface area contributed by atoms with E-state index in [2.05, 4.69) is 40.5 Å². The number of thioether (sulfide) groups is 1. The Morgan fingerprint density at radius 1 is 1.32 bits per heavy atom. The maximum Gasteiger partial charge on any atom is 0.146 e. The van der Waals surface area contributed by atoms with Crippen molar-refractivity contribution in [1.29, 1.82) is 0 Å². The smallest absolute Gasteiger partial charge is 0.146 e. The summed E-state index contributed by atoms with van der Waals surface area (Å²) in [6.45, 7) is 7.56. The van der Waals surface area contributed by atoms with E-state index in [0.29, 0.717) is 16.3 Å². The molecule has 1 saturated heterocycles. The zero-order chi connectivity index (χ0) is 13.4. The average Bonchev–Trinajstić information content (AvgIpc) is 2.75. The van der Waals surface area contributed by atoms with Crippen LogP contribution in [0.2, 0.25) is 0 Å². The van der Waals surface area contributed by atoms with E-state index >= 15 is 0 Å². The van der Waals surface area contributed by atoms with Crippen molar-refractivity contribution in [2.45, 2.75) is 30.9 Å². The van der Waals surface area contributed by atoms with E-state index in [1.165, 1.54) is 0 Å². The minimum atomic E-state index is 0.605. The Morgan fingerprint density at radius 2 is 2.05 bits per heavy atom. The van der Waals surface area contributed by atoms with E-state index in [1.807, 2.05) is 11.4 Å². The van der Waals surface area contributed by atoms with Crippen LogP contribution in [0.25, 0.3) is 10.2 Å². The molecule has 2 aromatic rings. The van der Waals surface area contributed by atoms with Gasteiger partial charge in [-0.15, -0.1) is 11.3 Å². The molecule has 2 atom stereocenters. The molecule has 0 saturated carbocycles. The maximum absolute atomic E-state index is 5.99. The van der Waals surface area contributed by atoms with Crippen molar-refractivity contribution in [3.05, 3.63) is 17.3 Å². The van der Waals surface area contributed by atoms with Gasteiger partial charge >= 0.3 is 0 Å². The van der Waals surface area contributed by atoms with Crippen LogP contribution in [-0.2, 0) is 6.54 Å². The lowest BCUT2D eigenvalue weighted by Crippen LogP contribution is -2.40. The van der Waals surface area contributed by atoms with Crippen LogP contribution in [0.5, 0.6) is 0 Å². The molecule has 0 bridgehead atoms. The van der Waals surface area contributed by atoms with Crippen LogP contribution in [0, 0.1) is 0 Å². The first kappa shape index (κ1) is 13.1. The summed E-state index contributed by atoms with van der Waals surface area (Å²) in [7, 11) is 0. The van der Waals surface area contributed by atoms with Gasteiger partial charge < -0.3 is 5.73 Å². The van der Waals surface area contributed by atoms with Crippen LogP contribution < -0.4 is 5.73 Å². The van der Waals surface area contributed by atoms with Gasteiger partial charge in [-0.05, 0) is 11.4 Å². The number of fused-ring (bicyclic) bond motifs is 1. The summed E-state index contributed by atoms with van der Waals surface area (Å²) in [5, 5.41) is 4.34. The molecule has 1 aliphatic heterocycles. The molecular weight excluding hydrogens is 276 g/mol. The van der Waals surface area contributed by atoms with Gasteiger partial charge in [-0.2, -0.15) is 11.8 Å². The Balaban J connectivity index is 1.80. The largest absolute Gasteiger partial charge is 0.383 e. The fraction of sp³-hybridized carbons (Fsp3) is 0.538. The van der Waals surface area contributed by atoms with Crippen molar-refractivity contribution >= 4 is 39.1 Å². The lowest BCUT2D eigenvalue weighted by molar-refractivity contribution is 0.257. The number of aromatic nitrogens is 2. The monoisotopic (exact) mass is 294 g/mol. The number of nitrogens with zero attached hydrogens (tertiary/aromatic N) is 3. The second-order valence-corrected chi connectivity index (χ2v) is 7.89. The third-order valence-electron chi connectivity index (χ3n) is 3.26. The first-order valence-electron chi connectivity index (χ1n) is 6.49. The molecule has 4 nitrogen and oxygen atoms in total. The van der Waals surface area contributed by atoms with Gasteiger partial charge in [0.05, 0.1) is 11.9 Å². The summed E-state index contributed by atoms with van der Waals surface area (Å²) in [5.74, 6) is 1.45. The molecule has 0 spiro atoms. The molecule has 3 heterocycles. The van der Waals surface area contributed by atoms with Gasteiger partial charge in [-0.25, -0.2) is 9.97 Å². The van der Waals surface area contributed by atoms with Crippen LogP contribution in [0.3, 0.4) is 0 Å². The van der Waals surface area contributed by atoms with Gasteiger partial charge in [-0.3, -0.25) is 4.90 Å². The van der Waals surface area contributed by atoms with Gasteiger partial charge in [0.2, 0.25) is 0 Å². The van der Waals surface area contributed by atoms with Crippen molar-refractivity contribution in [3.8, 4) is 0 Å². The second-order valence-electron chi connectivity index (χ2n) is 5.12. The van der Waals surface area contributed by atoms with Crippen molar-refractivity contribution < 1.29 is 0 Å². The molecule has 0 aromatic carbocycles. The Morgan fingerprint density at radius 3 is 2.79 bits per heavy atom. The predicted molar refractivity (Wildman–Crippen MR) is 83.6 cm³/mol. The van der Waals surface area contributed by atoms with Crippen molar-refractivity contribution in [1.82, 2.24) is 14.9 Å². The topological polar surface area (TPSA) is 55.0 Å². The third kappa shape index (κ3) is 2.85. The SMILES string of the molecule is CC1CN(Cc2nc(N)c3ccsc3n2)CC(C)S1. The molecule has 102 valence electrons. The summed E-state index contributed by atoms with van der Waals surface area (Å²) >= 11 is 3.68. The molecule has 19 heavy (non-hydrogen) atoms. The van der Waals surface area contributed by atoms with E-state index in [1.54, 1.807) is 11.3 Å². The van der Waals surface area contributed by atoms with Crippen LogP contribution in [0.1, 0.15) is 19.7 Å². The number of nitrogens with two attached hydrogens (primary N) is 1. The van der Waals surface area contributed by atoms with Crippen LogP contribution in [-0.4, -0.2) is 38.5 Å². The molecule has 2 N–H and O–H groups in total. The summed E-state index contributed by atoms with van der Waals surface area (Å²) in [6, 6.07) is 1.99.